The van der Waals surface area contributed by atoms with E-state index in [1.807, 2.05) is 30.3 Å². The molecule has 0 saturated carbocycles. The van der Waals surface area contributed by atoms with Crippen molar-refractivity contribution >= 4 is 17.9 Å². The molecule has 0 aliphatic rings. The quantitative estimate of drug-likeness (QED) is 0.427. The highest BCUT2D eigenvalue weighted by atomic mass is 32.2. The van der Waals surface area contributed by atoms with Crippen molar-refractivity contribution in [3.05, 3.63) is 56.7 Å². The van der Waals surface area contributed by atoms with Gasteiger partial charge in [-0.3, -0.25) is 14.3 Å². The molecule has 0 amide bonds. The van der Waals surface area contributed by atoms with Gasteiger partial charge in [0, 0.05) is 10.5 Å². The second kappa shape index (κ2) is 9.61. The molecule has 28 heavy (non-hydrogen) atoms. The summed E-state index contributed by atoms with van der Waals surface area (Å²) in [6.45, 7) is 6.81. The van der Waals surface area contributed by atoms with Crippen LogP contribution in [0.5, 0.6) is 0 Å². The molecule has 1 N–H and O–H groups in total. The van der Waals surface area contributed by atoms with Gasteiger partial charge in [-0.15, -0.1) is 0 Å². The van der Waals surface area contributed by atoms with Gasteiger partial charge in [0.25, 0.3) is 5.56 Å². The first kappa shape index (κ1) is 21.8. The van der Waals surface area contributed by atoms with Crippen LogP contribution in [0.25, 0.3) is 0 Å². The maximum Gasteiger partial charge on any atom is 0.508 e. The van der Waals surface area contributed by atoms with Crippen molar-refractivity contribution < 1.29 is 19.0 Å². The summed E-state index contributed by atoms with van der Waals surface area (Å²) in [6, 6.07) is 9.40. The number of carbonyl (C=O) groups excluding carboxylic acids is 1. The molecule has 1 aromatic heterocycles. The normalized spacial score (nSPS) is 11.3. The zero-order valence-electron chi connectivity index (χ0n) is 16.3. The lowest BCUT2D eigenvalue weighted by Gasteiger charge is -2.19. The lowest BCUT2D eigenvalue weighted by Crippen LogP contribution is -2.34. The van der Waals surface area contributed by atoms with Gasteiger partial charge in [-0.1, -0.05) is 30.0 Å². The van der Waals surface area contributed by atoms with Crippen molar-refractivity contribution in [3.63, 3.8) is 0 Å². The van der Waals surface area contributed by atoms with Gasteiger partial charge in [-0.05, 0) is 39.8 Å². The smallest absolute Gasteiger partial charge is 0.432 e. The average molecular weight is 408 g/mol. The highest BCUT2D eigenvalue weighted by Gasteiger charge is 2.17. The molecule has 0 radical (unpaired) electrons. The van der Waals surface area contributed by atoms with Gasteiger partial charge >= 0.3 is 11.8 Å². The summed E-state index contributed by atoms with van der Waals surface area (Å²) in [5.41, 5.74) is -1.22. The standard InChI is InChI=1S/C19H24N2O6S/c1-13-15(22)20-17(23)21(16(13)28-14-8-6-5-7-9-14)12-25-10-11-26-18(24)27-19(2,3)4/h5-9H,10-12H2,1-4H3,(H,20,22,23). The van der Waals surface area contributed by atoms with Crippen molar-refractivity contribution in [3.8, 4) is 0 Å². The van der Waals surface area contributed by atoms with E-state index in [1.165, 1.54) is 16.3 Å². The summed E-state index contributed by atoms with van der Waals surface area (Å²) in [5, 5.41) is 0.494. The Morgan fingerprint density at radius 3 is 2.46 bits per heavy atom. The molecule has 2 rings (SSSR count). The minimum absolute atomic E-state index is 0.0207. The molecule has 152 valence electrons. The summed E-state index contributed by atoms with van der Waals surface area (Å²) in [4.78, 5) is 38.9. The molecule has 0 atom stereocenters. The van der Waals surface area contributed by atoms with Crippen molar-refractivity contribution in [2.24, 2.45) is 0 Å². The van der Waals surface area contributed by atoms with E-state index in [4.69, 9.17) is 14.2 Å². The Balaban J connectivity index is 2.01. The zero-order chi connectivity index (χ0) is 20.7. The fourth-order valence-corrected chi connectivity index (χ4v) is 3.13. The lowest BCUT2D eigenvalue weighted by atomic mass is 10.2. The fraction of sp³-hybridized carbons (Fsp3) is 0.421. The number of ether oxygens (including phenoxy) is 3. The third-order valence-electron chi connectivity index (χ3n) is 3.39. The number of rotatable bonds is 7. The van der Waals surface area contributed by atoms with Crippen molar-refractivity contribution in [2.75, 3.05) is 13.2 Å². The third kappa shape index (κ3) is 6.58. The molecule has 0 aliphatic carbocycles. The van der Waals surface area contributed by atoms with E-state index in [2.05, 4.69) is 4.98 Å². The van der Waals surface area contributed by atoms with E-state index in [1.54, 1.807) is 27.7 Å². The van der Waals surface area contributed by atoms with E-state index in [-0.39, 0.29) is 19.9 Å². The van der Waals surface area contributed by atoms with Gasteiger partial charge in [0.05, 0.1) is 11.6 Å². The SMILES string of the molecule is Cc1c(Sc2ccccc2)n(COCCOC(=O)OC(C)(C)C)c(=O)[nH]c1=O. The van der Waals surface area contributed by atoms with Crippen molar-refractivity contribution in [2.45, 2.75) is 49.9 Å². The Hall–Kier alpha value is -2.52. The maximum atomic E-state index is 12.2. The van der Waals surface area contributed by atoms with Crippen LogP contribution >= 0.6 is 11.8 Å². The molecule has 0 unspecified atom stereocenters. The molecule has 0 spiro atoms. The lowest BCUT2D eigenvalue weighted by molar-refractivity contribution is -0.0260. The van der Waals surface area contributed by atoms with Crippen LogP contribution in [0.15, 0.2) is 49.8 Å². The topological polar surface area (TPSA) is 99.6 Å². The molecule has 2 aromatic rings. The number of hydrogen-bond acceptors (Lipinski definition) is 7. The van der Waals surface area contributed by atoms with Crippen molar-refractivity contribution in [1.82, 2.24) is 9.55 Å². The number of carbonyl (C=O) groups is 1. The summed E-state index contributed by atoms with van der Waals surface area (Å²) < 4.78 is 16.7. The number of hydrogen-bond donors (Lipinski definition) is 1. The second-order valence-electron chi connectivity index (χ2n) is 6.88. The minimum atomic E-state index is -0.784. The largest absolute Gasteiger partial charge is 0.508 e. The van der Waals surface area contributed by atoms with Crippen LogP contribution in [-0.2, 0) is 20.9 Å². The summed E-state index contributed by atoms with van der Waals surface area (Å²) in [7, 11) is 0. The first-order valence-electron chi connectivity index (χ1n) is 8.67. The molecule has 1 aromatic carbocycles. The van der Waals surface area contributed by atoms with E-state index in [0.29, 0.717) is 10.6 Å². The molecule has 1 heterocycles. The highest BCUT2D eigenvalue weighted by Crippen LogP contribution is 2.27. The number of aromatic amines is 1. The van der Waals surface area contributed by atoms with Gasteiger partial charge in [-0.25, -0.2) is 9.59 Å². The molecule has 0 aliphatic heterocycles. The zero-order valence-corrected chi connectivity index (χ0v) is 17.1. The second-order valence-corrected chi connectivity index (χ2v) is 7.95. The maximum absolute atomic E-state index is 12.2. The van der Waals surface area contributed by atoms with Crippen LogP contribution in [0.1, 0.15) is 26.3 Å². The Kier molecular flexibility index (Phi) is 7.47. The van der Waals surface area contributed by atoms with Gasteiger partial charge in [-0.2, -0.15) is 0 Å². The highest BCUT2D eigenvalue weighted by molar-refractivity contribution is 7.99. The minimum Gasteiger partial charge on any atom is -0.432 e. The number of aromatic nitrogens is 2. The molecule has 9 heteroatoms. The Bertz CT molecular complexity index is 915. The summed E-state index contributed by atoms with van der Waals surface area (Å²) >= 11 is 1.30. The average Bonchev–Trinajstić information content (AvgIpc) is 2.60. The summed E-state index contributed by atoms with van der Waals surface area (Å²) in [6.07, 6.45) is -0.784. The van der Waals surface area contributed by atoms with Crippen LogP contribution in [-0.4, -0.2) is 34.5 Å². The van der Waals surface area contributed by atoms with Crippen LogP contribution in [0, 0.1) is 6.92 Å². The number of nitrogens with zero attached hydrogens (tertiary/aromatic N) is 1. The van der Waals surface area contributed by atoms with Crippen molar-refractivity contribution in [1.29, 1.82) is 0 Å². The van der Waals surface area contributed by atoms with E-state index in [0.717, 1.165) is 4.90 Å². The van der Waals surface area contributed by atoms with E-state index < -0.39 is 23.0 Å². The van der Waals surface area contributed by atoms with Crippen LogP contribution in [0.3, 0.4) is 0 Å². The van der Waals surface area contributed by atoms with Gasteiger partial charge in [0.1, 0.15) is 18.9 Å². The van der Waals surface area contributed by atoms with Crippen LogP contribution in [0.4, 0.5) is 4.79 Å². The van der Waals surface area contributed by atoms with Crippen LogP contribution in [0.2, 0.25) is 0 Å². The number of nitrogens with one attached hydrogen (secondary N) is 1. The first-order valence-corrected chi connectivity index (χ1v) is 9.49. The Morgan fingerprint density at radius 1 is 1.14 bits per heavy atom. The Morgan fingerprint density at radius 2 is 1.82 bits per heavy atom. The fourth-order valence-electron chi connectivity index (χ4n) is 2.12. The Labute approximate surface area is 166 Å². The van der Waals surface area contributed by atoms with E-state index >= 15 is 0 Å². The summed E-state index contributed by atoms with van der Waals surface area (Å²) in [5.74, 6) is 0. The molecule has 0 bridgehead atoms. The van der Waals surface area contributed by atoms with E-state index in [9.17, 15) is 14.4 Å². The number of H-pyrrole nitrogens is 1. The first-order chi connectivity index (χ1) is 13.2. The molecule has 0 fully saturated rings. The molecule has 8 nitrogen and oxygen atoms in total. The number of benzene rings is 1. The van der Waals surface area contributed by atoms with Gasteiger partial charge < -0.3 is 14.2 Å². The monoisotopic (exact) mass is 408 g/mol. The van der Waals surface area contributed by atoms with Crippen LogP contribution < -0.4 is 11.2 Å². The predicted octanol–water partition coefficient (Wildman–Crippen LogP) is 2.92. The predicted molar refractivity (Wildman–Crippen MR) is 105 cm³/mol. The molecular formula is C19H24N2O6S. The molecular weight excluding hydrogens is 384 g/mol. The molecule has 0 saturated heterocycles. The third-order valence-corrected chi connectivity index (χ3v) is 4.62. The van der Waals surface area contributed by atoms with Gasteiger partial charge in [0.15, 0.2) is 0 Å². The van der Waals surface area contributed by atoms with Gasteiger partial charge in [0.2, 0.25) is 0 Å².